The number of nitrogens with zero attached hydrogens (tertiary/aromatic N) is 1. The van der Waals surface area contributed by atoms with Crippen molar-refractivity contribution in [2.75, 3.05) is 32.7 Å². The molecule has 0 aromatic heterocycles. The lowest BCUT2D eigenvalue weighted by Gasteiger charge is -2.17. The number of hydrogen-bond acceptors (Lipinski definition) is 3. The van der Waals surface area contributed by atoms with Crippen molar-refractivity contribution in [3.05, 3.63) is 59.7 Å². The molecule has 0 aliphatic carbocycles. The summed E-state index contributed by atoms with van der Waals surface area (Å²) in [4.78, 5) is 2.08. The molecule has 2 aromatic rings. The second kappa shape index (κ2) is 7.14. The topological polar surface area (TPSA) is 32.7 Å². The van der Waals surface area contributed by atoms with Crippen molar-refractivity contribution in [3.8, 4) is 5.75 Å². The van der Waals surface area contributed by atoms with Crippen LogP contribution >= 0.6 is 0 Å². The number of methoxy groups -OCH3 is 1. The molecule has 0 radical (unpaired) electrons. The van der Waals surface area contributed by atoms with Crippen LogP contribution in [0.4, 0.5) is 5.69 Å². The largest absolute Gasteiger partial charge is 0.497 e. The van der Waals surface area contributed by atoms with Crippen LogP contribution in [-0.2, 0) is 6.42 Å². The smallest absolute Gasteiger partial charge is 0.119 e. The summed E-state index contributed by atoms with van der Waals surface area (Å²) >= 11 is 0. The molecule has 2 aromatic carbocycles. The molecule has 21 heavy (non-hydrogen) atoms. The van der Waals surface area contributed by atoms with E-state index in [-0.39, 0.29) is 12.5 Å². The van der Waals surface area contributed by atoms with Gasteiger partial charge in [0.1, 0.15) is 5.75 Å². The van der Waals surface area contributed by atoms with E-state index < -0.39 is 0 Å². The van der Waals surface area contributed by atoms with Crippen molar-refractivity contribution in [1.82, 2.24) is 0 Å². The summed E-state index contributed by atoms with van der Waals surface area (Å²) in [7, 11) is 5.72. The molecule has 0 heterocycles. The molecule has 0 amide bonds. The van der Waals surface area contributed by atoms with E-state index in [1.54, 1.807) is 7.11 Å². The van der Waals surface area contributed by atoms with Crippen LogP contribution in [0.3, 0.4) is 0 Å². The molecule has 0 spiro atoms. The van der Waals surface area contributed by atoms with Gasteiger partial charge in [0.05, 0.1) is 13.7 Å². The lowest BCUT2D eigenvalue weighted by molar-refractivity contribution is 0.264. The van der Waals surface area contributed by atoms with E-state index >= 15 is 0 Å². The fourth-order valence-electron chi connectivity index (χ4n) is 2.40. The van der Waals surface area contributed by atoms with E-state index in [1.165, 1.54) is 11.3 Å². The maximum atomic E-state index is 9.70. The summed E-state index contributed by atoms with van der Waals surface area (Å²) in [6.45, 7) is 0.128. The average molecular weight is 285 g/mol. The first kappa shape index (κ1) is 15.4. The summed E-state index contributed by atoms with van der Waals surface area (Å²) in [5.74, 6) is 0.916. The minimum atomic E-state index is 0.0882. The number of hydrogen-bond donors (Lipinski definition) is 1. The quantitative estimate of drug-likeness (QED) is 0.885. The zero-order valence-corrected chi connectivity index (χ0v) is 12.9. The number of aliphatic hydroxyl groups is 1. The molecule has 0 aliphatic heterocycles. The maximum absolute atomic E-state index is 9.70. The first-order valence-electron chi connectivity index (χ1n) is 7.15. The Kier molecular flexibility index (Phi) is 5.23. The van der Waals surface area contributed by atoms with Gasteiger partial charge in [-0.3, -0.25) is 0 Å². The van der Waals surface area contributed by atoms with Crippen LogP contribution in [0, 0.1) is 0 Å². The zero-order chi connectivity index (χ0) is 15.2. The predicted molar refractivity (Wildman–Crippen MR) is 87.3 cm³/mol. The van der Waals surface area contributed by atoms with Gasteiger partial charge < -0.3 is 14.7 Å². The number of anilines is 1. The van der Waals surface area contributed by atoms with Crippen molar-refractivity contribution in [3.63, 3.8) is 0 Å². The van der Waals surface area contributed by atoms with Gasteiger partial charge in [-0.05, 0) is 41.8 Å². The molecular formula is C18H23NO2. The Labute approximate surface area is 126 Å². The van der Waals surface area contributed by atoms with E-state index in [2.05, 4.69) is 29.2 Å². The van der Waals surface area contributed by atoms with Gasteiger partial charge in [0, 0.05) is 25.7 Å². The molecule has 3 nitrogen and oxygen atoms in total. The molecule has 0 aliphatic rings. The van der Waals surface area contributed by atoms with Crippen LogP contribution in [0.5, 0.6) is 5.75 Å². The van der Waals surface area contributed by atoms with Crippen LogP contribution in [-0.4, -0.2) is 32.9 Å². The number of rotatable bonds is 6. The standard InChI is InChI=1S/C18H23NO2/c1-19(2)17-9-7-14(8-10-17)11-16(13-20)15-5-4-6-18(12-15)21-3/h4-10,12,16,20H,11,13H2,1-3H3. The highest BCUT2D eigenvalue weighted by atomic mass is 16.5. The molecule has 1 atom stereocenters. The molecule has 2 rings (SSSR count). The van der Waals surface area contributed by atoms with Crippen molar-refractivity contribution in [2.24, 2.45) is 0 Å². The third kappa shape index (κ3) is 3.99. The first-order chi connectivity index (χ1) is 10.1. The van der Waals surface area contributed by atoms with E-state index in [0.717, 1.165) is 17.7 Å². The maximum Gasteiger partial charge on any atom is 0.119 e. The second-order valence-electron chi connectivity index (χ2n) is 5.42. The van der Waals surface area contributed by atoms with Gasteiger partial charge in [0.2, 0.25) is 0 Å². The molecule has 3 heteroatoms. The Bertz CT molecular complexity index is 564. The van der Waals surface area contributed by atoms with Crippen LogP contribution in [0.25, 0.3) is 0 Å². The summed E-state index contributed by atoms with van der Waals surface area (Å²) in [6.07, 6.45) is 0.817. The Balaban J connectivity index is 2.14. The van der Waals surface area contributed by atoms with Gasteiger partial charge in [0.15, 0.2) is 0 Å². The van der Waals surface area contributed by atoms with Crippen molar-refractivity contribution >= 4 is 5.69 Å². The lowest BCUT2D eigenvalue weighted by atomic mass is 9.92. The highest BCUT2D eigenvalue weighted by Gasteiger charge is 2.12. The van der Waals surface area contributed by atoms with E-state index in [0.29, 0.717) is 0 Å². The average Bonchev–Trinajstić information content (AvgIpc) is 2.53. The Morgan fingerprint density at radius 1 is 1.10 bits per heavy atom. The molecule has 1 unspecified atom stereocenters. The monoisotopic (exact) mass is 285 g/mol. The Morgan fingerprint density at radius 3 is 2.38 bits per heavy atom. The summed E-state index contributed by atoms with van der Waals surface area (Å²) < 4.78 is 5.25. The van der Waals surface area contributed by atoms with Crippen molar-refractivity contribution in [2.45, 2.75) is 12.3 Å². The molecule has 1 N–H and O–H groups in total. The normalized spacial score (nSPS) is 12.0. The molecular weight excluding hydrogens is 262 g/mol. The van der Waals surface area contributed by atoms with Gasteiger partial charge in [-0.25, -0.2) is 0 Å². The van der Waals surface area contributed by atoms with E-state index in [1.807, 2.05) is 38.4 Å². The Hall–Kier alpha value is -2.00. The summed E-state index contributed by atoms with van der Waals surface area (Å²) in [6, 6.07) is 16.4. The van der Waals surface area contributed by atoms with Crippen molar-refractivity contribution < 1.29 is 9.84 Å². The van der Waals surface area contributed by atoms with Crippen LogP contribution in [0.2, 0.25) is 0 Å². The van der Waals surface area contributed by atoms with Crippen LogP contribution in [0.1, 0.15) is 17.0 Å². The van der Waals surface area contributed by atoms with Crippen molar-refractivity contribution in [1.29, 1.82) is 0 Å². The fraction of sp³-hybridized carbons (Fsp3) is 0.333. The minimum Gasteiger partial charge on any atom is -0.497 e. The Morgan fingerprint density at radius 2 is 1.81 bits per heavy atom. The minimum absolute atomic E-state index is 0.0882. The van der Waals surface area contributed by atoms with E-state index in [4.69, 9.17) is 4.74 Å². The zero-order valence-electron chi connectivity index (χ0n) is 12.9. The molecule has 0 saturated carbocycles. The lowest BCUT2D eigenvalue weighted by Crippen LogP contribution is -2.10. The molecule has 0 bridgehead atoms. The number of ether oxygens (including phenoxy) is 1. The summed E-state index contributed by atoms with van der Waals surface area (Å²) in [5.41, 5.74) is 3.51. The predicted octanol–water partition coefficient (Wildman–Crippen LogP) is 3.08. The summed E-state index contributed by atoms with van der Waals surface area (Å²) in [5, 5.41) is 9.70. The van der Waals surface area contributed by atoms with Gasteiger partial charge >= 0.3 is 0 Å². The third-order valence-corrected chi connectivity index (χ3v) is 3.72. The van der Waals surface area contributed by atoms with E-state index in [9.17, 15) is 5.11 Å². The number of aliphatic hydroxyl groups excluding tert-OH is 1. The SMILES string of the molecule is COc1cccc(C(CO)Cc2ccc(N(C)C)cc2)c1. The van der Waals surface area contributed by atoms with Crippen LogP contribution < -0.4 is 9.64 Å². The van der Waals surface area contributed by atoms with Gasteiger partial charge in [-0.2, -0.15) is 0 Å². The highest BCUT2D eigenvalue weighted by molar-refractivity contribution is 5.46. The fourth-order valence-corrected chi connectivity index (χ4v) is 2.40. The van der Waals surface area contributed by atoms with Gasteiger partial charge in [0.25, 0.3) is 0 Å². The number of benzene rings is 2. The molecule has 0 saturated heterocycles. The molecule has 112 valence electrons. The molecule has 0 fully saturated rings. The van der Waals surface area contributed by atoms with Gasteiger partial charge in [-0.15, -0.1) is 0 Å². The van der Waals surface area contributed by atoms with Gasteiger partial charge in [-0.1, -0.05) is 24.3 Å². The first-order valence-corrected chi connectivity index (χ1v) is 7.15. The third-order valence-electron chi connectivity index (χ3n) is 3.72. The highest BCUT2D eigenvalue weighted by Crippen LogP contribution is 2.25. The second-order valence-corrected chi connectivity index (χ2v) is 5.42. The van der Waals surface area contributed by atoms with Crippen LogP contribution in [0.15, 0.2) is 48.5 Å².